The average molecular weight is 374 g/mol. The number of ketones is 1. The molecule has 0 atom stereocenters. The van der Waals surface area contributed by atoms with Gasteiger partial charge < -0.3 is 0 Å². The van der Waals surface area contributed by atoms with Gasteiger partial charge in [-0.2, -0.15) is 4.52 Å². The third-order valence-electron chi connectivity index (χ3n) is 3.61. The van der Waals surface area contributed by atoms with Crippen LogP contribution in [0.1, 0.15) is 32.0 Å². The van der Waals surface area contributed by atoms with Gasteiger partial charge in [-0.05, 0) is 5.56 Å². The Bertz CT molecular complexity index is 958. The molecule has 25 heavy (non-hydrogen) atoms. The minimum Gasteiger partial charge on any atom is -0.298 e. The topological polar surface area (TPSA) is 77.2 Å². The minimum atomic E-state index is -0.386. The van der Waals surface area contributed by atoms with E-state index in [9.17, 15) is 9.59 Å². The Labute approximate surface area is 153 Å². The number of thioether (sulfide) groups is 1. The second-order valence-corrected chi connectivity index (χ2v) is 8.82. The molecule has 2 heterocycles. The number of Topliss-reactive ketones (excluding diaryl/α,β-unsaturated/α-hetero) is 1. The van der Waals surface area contributed by atoms with Crippen LogP contribution < -0.4 is 5.56 Å². The molecule has 0 fully saturated rings. The molecule has 0 amide bonds. The molecule has 0 saturated heterocycles. The number of benzene rings is 1. The van der Waals surface area contributed by atoms with Crippen molar-refractivity contribution >= 4 is 33.8 Å². The van der Waals surface area contributed by atoms with E-state index in [0.717, 1.165) is 5.56 Å². The fourth-order valence-corrected chi connectivity index (χ4v) is 4.07. The van der Waals surface area contributed by atoms with Crippen molar-refractivity contribution in [3.63, 3.8) is 0 Å². The summed E-state index contributed by atoms with van der Waals surface area (Å²) in [6.07, 6.45) is 0.415. The van der Waals surface area contributed by atoms with Gasteiger partial charge in [-0.1, -0.05) is 74.2 Å². The van der Waals surface area contributed by atoms with E-state index >= 15 is 0 Å². The molecular weight excluding hydrogens is 356 g/mol. The van der Waals surface area contributed by atoms with Gasteiger partial charge >= 0.3 is 0 Å². The van der Waals surface area contributed by atoms with Gasteiger partial charge in [0, 0.05) is 11.8 Å². The summed E-state index contributed by atoms with van der Waals surface area (Å²) in [5.74, 6) is 0.461. The molecule has 3 rings (SSSR count). The van der Waals surface area contributed by atoms with Gasteiger partial charge in [0.2, 0.25) is 4.96 Å². The lowest BCUT2D eigenvalue weighted by molar-refractivity contribution is -0.123. The SMILES string of the molecule is CC(C)(C)C(=O)CSc1nn2c(=O)c(Cc3ccccc3)nnc2s1. The molecule has 0 aliphatic heterocycles. The molecule has 0 spiro atoms. The van der Waals surface area contributed by atoms with Crippen LogP contribution in [0.3, 0.4) is 0 Å². The van der Waals surface area contributed by atoms with E-state index in [1.54, 1.807) is 0 Å². The highest BCUT2D eigenvalue weighted by atomic mass is 32.2. The van der Waals surface area contributed by atoms with Gasteiger partial charge in [-0.3, -0.25) is 9.59 Å². The van der Waals surface area contributed by atoms with Crippen LogP contribution in [0.2, 0.25) is 0 Å². The molecule has 3 aromatic rings. The van der Waals surface area contributed by atoms with Crippen molar-refractivity contribution in [3.05, 3.63) is 51.9 Å². The van der Waals surface area contributed by atoms with Crippen molar-refractivity contribution in [2.45, 2.75) is 31.5 Å². The monoisotopic (exact) mass is 374 g/mol. The number of carbonyl (C=O) groups is 1. The van der Waals surface area contributed by atoms with Crippen LogP contribution in [0, 0.1) is 5.41 Å². The molecule has 0 radical (unpaired) electrons. The zero-order valence-corrected chi connectivity index (χ0v) is 15.9. The lowest BCUT2D eigenvalue weighted by Crippen LogP contribution is -2.22. The van der Waals surface area contributed by atoms with E-state index < -0.39 is 0 Å². The predicted molar refractivity (Wildman–Crippen MR) is 99.4 cm³/mol. The maximum Gasteiger partial charge on any atom is 0.297 e. The van der Waals surface area contributed by atoms with Crippen molar-refractivity contribution in [2.75, 3.05) is 5.75 Å². The summed E-state index contributed by atoms with van der Waals surface area (Å²) in [5.41, 5.74) is 0.702. The Hall–Kier alpha value is -2.06. The van der Waals surface area contributed by atoms with Crippen LogP contribution >= 0.6 is 23.1 Å². The smallest absolute Gasteiger partial charge is 0.297 e. The molecule has 1 aromatic carbocycles. The summed E-state index contributed by atoms with van der Waals surface area (Å²) in [7, 11) is 0. The van der Waals surface area contributed by atoms with E-state index in [-0.39, 0.29) is 16.8 Å². The van der Waals surface area contributed by atoms with E-state index in [4.69, 9.17) is 0 Å². The summed E-state index contributed by atoms with van der Waals surface area (Å²) < 4.78 is 1.92. The Morgan fingerprint density at radius 1 is 1.20 bits per heavy atom. The van der Waals surface area contributed by atoms with Gasteiger partial charge in [-0.15, -0.1) is 15.3 Å². The molecule has 8 heteroatoms. The fraction of sp³-hybridized carbons (Fsp3) is 0.353. The number of nitrogens with zero attached hydrogens (tertiary/aromatic N) is 4. The van der Waals surface area contributed by atoms with Crippen LogP contribution in [0.4, 0.5) is 0 Å². The fourth-order valence-electron chi connectivity index (χ4n) is 2.03. The quantitative estimate of drug-likeness (QED) is 0.639. The van der Waals surface area contributed by atoms with E-state index in [0.29, 0.717) is 27.2 Å². The lowest BCUT2D eigenvalue weighted by Gasteiger charge is -2.15. The average Bonchev–Trinajstić information content (AvgIpc) is 2.99. The zero-order chi connectivity index (χ0) is 18.0. The zero-order valence-electron chi connectivity index (χ0n) is 14.2. The Balaban J connectivity index is 1.82. The highest BCUT2D eigenvalue weighted by Crippen LogP contribution is 2.26. The molecule has 0 saturated carbocycles. The number of hydrogen-bond acceptors (Lipinski definition) is 7. The Morgan fingerprint density at radius 2 is 1.92 bits per heavy atom. The highest BCUT2D eigenvalue weighted by Gasteiger charge is 2.22. The van der Waals surface area contributed by atoms with Crippen molar-refractivity contribution in [3.8, 4) is 0 Å². The van der Waals surface area contributed by atoms with Crippen LogP contribution in [0.5, 0.6) is 0 Å². The number of carbonyl (C=O) groups excluding carboxylic acids is 1. The number of hydrogen-bond donors (Lipinski definition) is 0. The summed E-state index contributed by atoms with van der Waals surface area (Å²) in [6.45, 7) is 5.67. The molecule has 2 aromatic heterocycles. The van der Waals surface area contributed by atoms with Gasteiger partial charge in [0.25, 0.3) is 5.56 Å². The second kappa shape index (κ2) is 7.05. The first-order valence-corrected chi connectivity index (χ1v) is 9.60. The molecule has 0 aliphatic carbocycles. The van der Waals surface area contributed by atoms with Crippen LogP contribution in [0.15, 0.2) is 39.5 Å². The third-order valence-corrected chi connectivity index (χ3v) is 5.65. The first-order valence-electron chi connectivity index (χ1n) is 7.80. The molecule has 0 aliphatic rings. The number of aromatic nitrogens is 4. The van der Waals surface area contributed by atoms with Gasteiger partial charge in [-0.25, -0.2) is 0 Å². The summed E-state index contributed by atoms with van der Waals surface area (Å²) in [5, 5.41) is 12.5. The van der Waals surface area contributed by atoms with Gasteiger partial charge in [0.1, 0.15) is 11.5 Å². The van der Waals surface area contributed by atoms with E-state index in [1.807, 2.05) is 51.1 Å². The molecular formula is C17H18N4O2S2. The molecule has 0 N–H and O–H groups in total. The molecule has 0 unspecified atom stereocenters. The van der Waals surface area contributed by atoms with Crippen LogP contribution in [0.25, 0.3) is 4.96 Å². The molecule has 0 bridgehead atoms. The third kappa shape index (κ3) is 4.13. The first kappa shape index (κ1) is 17.8. The van der Waals surface area contributed by atoms with Crippen molar-refractivity contribution in [1.82, 2.24) is 19.8 Å². The standard InChI is InChI=1S/C17H18N4O2S2/c1-17(2,3)13(22)10-24-16-20-21-14(23)12(18-19-15(21)25-16)9-11-7-5-4-6-8-11/h4-8H,9-10H2,1-3H3. The minimum absolute atomic E-state index is 0.139. The predicted octanol–water partition coefficient (Wildman–Crippen LogP) is 2.84. The highest BCUT2D eigenvalue weighted by molar-refractivity contribution is 8.01. The Kier molecular flexibility index (Phi) is 5.01. The van der Waals surface area contributed by atoms with Crippen LogP contribution in [-0.4, -0.2) is 31.3 Å². The van der Waals surface area contributed by atoms with E-state index in [2.05, 4.69) is 15.3 Å². The number of fused-ring (bicyclic) bond motifs is 1. The van der Waals surface area contributed by atoms with Gasteiger partial charge in [0.15, 0.2) is 4.34 Å². The van der Waals surface area contributed by atoms with Crippen molar-refractivity contribution < 1.29 is 4.79 Å². The largest absolute Gasteiger partial charge is 0.298 e. The maximum atomic E-state index is 12.6. The molecule has 130 valence electrons. The van der Waals surface area contributed by atoms with E-state index in [1.165, 1.54) is 27.6 Å². The first-order chi connectivity index (χ1) is 11.8. The molecule has 6 nitrogen and oxygen atoms in total. The normalized spacial score (nSPS) is 11.8. The summed E-state index contributed by atoms with van der Waals surface area (Å²) in [4.78, 5) is 25.0. The lowest BCUT2D eigenvalue weighted by atomic mass is 9.92. The van der Waals surface area contributed by atoms with Crippen molar-refractivity contribution in [2.24, 2.45) is 5.41 Å². The van der Waals surface area contributed by atoms with Gasteiger partial charge in [0.05, 0.1) is 5.75 Å². The summed E-state index contributed by atoms with van der Waals surface area (Å²) >= 11 is 2.60. The number of rotatable bonds is 5. The Morgan fingerprint density at radius 3 is 2.60 bits per heavy atom. The summed E-state index contributed by atoms with van der Waals surface area (Å²) in [6, 6.07) is 9.65. The van der Waals surface area contributed by atoms with Crippen LogP contribution in [-0.2, 0) is 11.2 Å². The van der Waals surface area contributed by atoms with Crippen molar-refractivity contribution in [1.29, 1.82) is 0 Å². The maximum absolute atomic E-state index is 12.6. The second-order valence-electron chi connectivity index (χ2n) is 6.64.